The van der Waals surface area contributed by atoms with Gasteiger partial charge in [-0.1, -0.05) is 29.8 Å². The molecule has 0 heterocycles. The van der Waals surface area contributed by atoms with Gasteiger partial charge in [-0.2, -0.15) is 0 Å². The van der Waals surface area contributed by atoms with Crippen LogP contribution in [0.15, 0.2) is 42.5 Å². The van der Waals surface area contributed by atoms with E-state index in [-0.39, 0.29) is 12.2 Å². The van der Waals surface area contributed by atoms with Crippen molar-refractivity contribution in [2.75, 3.05) is 0 Å². The molecule has 2 aromatic rings. The first-order valence-corrected chi connectivity index (χ1v) is 6.41. The van der Waals surface area contributed by atoms with E-state index in [9.17, 15) is 9.90 Å². The van der Waals surface area contributed by atoms with E-state index in [1.807, 2.05) is 12.1 Å². The Balaban J connectivity index is 2.36. The minimum absolute atomic E-state index is 0.159. The van der Waals surface area contributed by atoms with E-state index < -0.39 is 12.0 Å². The van der Waals surface area contributed by atoms with Gasteiger partial charge in [0.25, 0.3) is 0 Å². The van der Waals surface area contributed by atoms with E-state index in [1.54, 1.807) is 30.3 Å². The second-order valence-corrected chi connectivity index (χ2v) is 4.98. The number of aromatic hydroxyl groups is 1. The molecule has 0 aliphatic rings. The number of phenols is 1. The van der Waals surface area contributed by atoms with E-state index in [0.717, 1.165) is 16.7 Å². The van der Waals surface area contributed by atoms with E-state index in [1.165, 1.54) is 0 Å². The van der Waals surface area contributed by atoms with Crippen LogP contribution in [0.1, 0.15) is 5.56 Å². The Morgan fingerprint density at radius 2 is 1.95 bits per heavy atom. The molecule has 0 saturated heterocycles. The SMILES string of the molecule is N[C@H](Cc1cc(Cl)cc(-c2cccc(O)c2)c1)C(=O)O. The summed E-state index contributed by atoms with van der Waals surface area (Å²) >= 11 is 6.05. The van der Waals surface area contributed by atoms with E-state index in [0.29, 0.717) is 5.02 Å². The van der Waals surface area contributed by atoms with Crippen LogP contribution in [0, 0.1) is 0 Å². The maximum Gasteiger partial charge on any atom is 0.320 e. The standard InChI is InChI=1S/C15H14ClNO3/c16-12-5-9(6-14(17)15(19)20)4-11(7-12)10-2-1-3-13(18)8-10/h1-5,7-8,14,18H,6,17H2,(H,19,20)/t14-/m1/s1. The van der Waals surface area contributed by atoms with Crippen LogP contribution in [0.4, 0.5) is 0 Å². The van der Waals surface area contributed by atoms with E-state index >= 15 is 0 Å². The second kappa shape index (κ2) is 5.94. The summed E-state index contributed by atoms with van der Waals surface area (Å²) in [6.45, 7) is 0. The minimum atomic E-state index is -1.05. The third-order valence-corrected chi connectivity index (χ3v) is 3.13. The van der Waals surface area contributed by atoms with Crippen LogP contribution in [0.3, 0.4) is 0 Å². The zero-order valence-electron chi connectivity index (χ0n) is 10.6. The number of nitrogens with two attached hydrogens (primary N) is 1. The molecule has 20 heavy (non-hydrogen) atoms. The first kappa shape index (κ1) is 14.4. The van der Waals surface area contributed by atoms with Crippen molar-refractivity contribution < 1.29 is 15.0 Å². The quantitative estimate of drug-likeness (QED) is 0.808. The van der Waals surface area contributed by atoms with Gasteiger partial charge < -0.3 is 15.9 Å². The number of rotatable bonds is 4. The number of carboxylic acids is 1. The molecule has 4 N–H and O–H groups in total. The topological polar surface area (TPSA) is 83.5 Å². The highest BCUT2D eigenvalue weighted by molar-refractivity contribution is 6.31. The minimum Gasteiger partial charge on any atom is -0.508 e. The van der Waals surface area contributed by atoms with Gasteiger partial charge in [0.1, 0.15) is 11.8 Å². The highest BCUT2D eigenvalue weighted by atomic mass is 35.5. The number of carboxylic acid groups (broad SMARTS) is 1. The molecule has 0 bridgehead atoms. The predicted molar refractivity (Wildman–Crippen MR) is 77.9 cm³/mol. The smallest absolute Gasteiger partial charge is 0.320 e. The fraction of sp³-hybridized carbons (Fsp3) is 0.133. The first-order chi connectivity index (χ1) is 9.45. The molecule has 0 aromatic heterocycles. The molecule has 0 aliphatic heterocycles. The number of carbonyl (C=O) groups is 1. The summed E-state index contributed by atoms with van der Waals surface area (Å²) < 4.78 is 0. The lowest BCUT2D eigenvalue weighted by molar-refractivity contribution is -0.138. The van der Waals surface area contributed by atoms with Crippen LogP contribution in [0.25, 0.3) is 11.1 Å². The van der Waals surface area contributed by atoms with Gasteiger partial charge in [-0.05, 0) is 47.4 Å². The zero-order chi connectivity index (χ0) is 14.7. The summed E-state index contributed by atoms with van der Waals surface area (Å²) in [6.07, 6.45) is 0.196. The van der Waals surface area contributed by atoms with Gasteiger partial charge in [0.15, 0.2) is 0 Å². The molecule has 1 atom stereocenters. The predicted octanol–water partition coefficient (Wildman–Crippen LogP) is 2.67. The summed E-state index contributed by atoms with van der Waals surface area (Å²) in [6, 6.07) is 11.1. The monoisotopic (exact) mass is 291 g/mol. The van der Waals surface area contributed by atoms with Gasteiger partial charge in [-0.15, -0.1) is 0 Å². The van der Waals surface area contributed by atoms with E-state index in [2.05, 4.69) is 0 Å². The van der Waals surface area contributed by atoms with Crippen molar-refractivity contribution in [2.45, 2.75) is 12.5 Å². The summed E-state index contributed by atoms with van der Waals surface area (Å²) in [5.41, 5.74) is 7.88. The third-order valence-electron chi connectivity index (χ3n) is 2.91. The average Bonchev–Trinajstić information content (AvgIpc) is 2.37. The molecule has 5 heteroatoms. The summed E-state index contributed by atoms with van der Waals surface area (Å²) in [5.74, 6) is -0.893. The van der Waals surface area contributed by atoms with Gasteiger partial charge >= 0.3 is 5.97 Å². The van der Waals surface area contributed by atoms with E-state index in [4.69, 9.17) is 22.4 Å². The molecule has 0 fully saturated rings. The molecule has 2 rings (SSSR count). The summed E-state index contributed by atoms with van der Waals surface area (Å²) in [5, 5.41) is 18.8. The molecule has 0 aliphatic carbocycles. The number of phenolic OH excluding ortho intramolecular Hbond substituents is 1. The van der Waals surface area contributed by atoms with Gasteiger partial charge in [0, 0.05) is 5.02 Å². The summed E-state index contributed by atoms with van der Waals surface area (Å²) in [7, 11) is 0. The van der Waals surface area contributed by atoms with Gasteiger partial charge in [0.05, 0.1) is 0 Å². The van der Waals surface area contributed by atoms with Crippen LogP contribution in [0.2, 0.25) is 5.02 Å². The number of hydrogen-bond acceptors (Lipinski definition) is 3. The Bertz CT molecular complexity index is 643. The Morgan fingerprint density at radius 3 is 2.60 bits per heavy atom. The van der Waals surface area contributed by atoms with Gasteiger partial charge in [-0.3, -0.25) is 4.79 Å². The highest BCUT2D eigenvalue weighted by Gasteiger charge is 2.13. The van der Waals surface area contributed by atoms with Crippen LogP contribution < -0.4 is 5.73 Å². The second-order valence-electron chi connectivity index (χ2n) is 4.55. The van der Waals surface area contributed by atoms with Crippen molar-refractivity contribution in [3.63, 3.8) is 0 Å². The van der Waals surface area contributed by atoms with Crippen molar-refractivity contribution in [2.24, 2.45) is 5.73 Å². The molecule has 4 nitrogen and oxygen atoms in total. The number of halogens is 1. The molecule has 0 unspecified atom stereocenters. The van der Waals surface area contributed by atoms with Crippen LogP contribution in [0.5, 0.6) is 5.75 Å². The lowest BCUT2D eigenvalue weighted by Gasteiger charge is -2.10. The highest BCUT2D eigenvalue weighted by Crippen LogP contribution is 2.27. The van der Waals surface area contributed by atoms with Crippen LogP contribution in [-0.2, 0) is 11.2 Å². The Labute approximate surface area is 121 Å². The van der Waals surface area contributed by atoms with Gasteiger partial charge in [-0.25, -0.2) is 0 Å². The van der Waals surface area contributed by atoms with Crippen LogP contribution in [-0.4, -0.2) is 22.2 Å². The number of aliphatic carboxylic acids is 1. The summed E-state index contributed by atoms with van der Waals surface area (Å²) in [4.78, 5) is 10.8. The van der Waals surface area contributed by atoms with Crippen LogP contribution >= 0.6 is 11.6 Å². The van der Waals surface area contributed by atoms with Crippen molar-refractivity contribution >= 4 is 17.6 Å². The lowest BCUT2D eigenvalue weighted by Crippen LogP contribution is -2.32. The molecule has 2 aromatic carbocycles. The fourth-order valence-electron chi connectivity index (χ4n) is 1.96. The van der Waals surface area contributed by atoms with Crippen molar-refractivity contribution in [1.29, 1.82) is 0 Å². The zero-order valence-corrected chi connectivity index (χ0v) is 11.3. The Hall–Kier alpha value is -2.04. The molecule has 0 radical (unpaired) electrons. The molecular weight excluding hydrogens is 278 g/mol. The molecule has 0 spiro atoms. The average molecular weight is 292 g/mol. The molecule has 0 amide bonds. The molecular formula is C15H14ClNO3. The molecule has 0 saturated carbocycles. The fourth-order valence-corrected chi connectivity index (χ4v) is 2.22. The van der Waals surface area contributed by atoms with Crippen molar-refractivity contribution in [3.05, 3.63) is 53.1 Å². The van der Waals surface area contributed by atoms with Crippen molar-refractivity contribution in [3.8, 4) is 16.9 Å². The lowest BCUT2D eigenvalue weighted by atomic mass is 9.99. The molecule has 104 valence electrons. The number of hydrogen-bond donors (Lipinski definition) is 3. The maximum atomic E-state index is 10.8. The number of benzene rings is 2. The van der Waals surface area contributed by atoms with Crippen molar-refractivity contribution in [1.82, 2.24) is 0 Å². The largest absolute Gasteiger partial charge is 0.508 e. The Morgan fingerprint density at radius 1 is 1.20 bits per heavy atom. The Kier molecular flexibility index (Phi) is 4.27. The third kappa shape index (κ3) is 3.50. The first-order valence-electron chi connectivity index (χ1n) is 6.03. The van der Waals surface area contributed by atoms with Gasteiger partial charge in [0.2, 0.25) is 0 Å². The normalized spacial score (nSPS) is 12.1. The maximum absolute atomic E-state index is 10.8.